The summed E-state index contributed by atoms with van der Waals surface area (Å²) in [7, 11) is 0. The van der Waals surface area contributed by atoms with Crippen LogP contribution in [0.3, 0.4) is 0 Å². The first-order valence-electron chi connectivity index (χ1n) is 6.43. The molecule has 1 aliphatic rings. The Morgan fingerprint density at radius 1 is 1.12 bits per heavy atom. The Hall–Kier alpha value is -0.290. The van der Waals surface area contributed by atoms with Gasteiger partial charge in [-0.2, -0.15) is 13.2 Å². The van der Waals surface area contributed by atoms with Crippen molar-refractivity contribution in [3.05, 3.63) is 0 Å². The molecular weight excluding hydrogens is 231 g/mol. The standard InChI is InChI=1S/C12H22F3NO/c13-12(14,15)6-3-8-17-9-7-16-10-11-4-1-2-5-11/h11,16H,1-10H2. The average Bonchev–Trinajstić information content (AvgIpc) is 2.73. The molecule has 0 unspecified atom stereocenters. The minimum atomic E-state index is -4.05. The van der Waals surface area contributed by atoms with Crippen molar-refractivity contribution in [2.45, 2.75) is 44.7 Å². The van der Waals surface area contributed by atoms with Crippen molar-refractivity contribution >= 4 is 0 Å². The topological polar surface area (TPSA) is 21.3 Å². The van der Waals surface area contributed by atoms with Crippen LogP contribution in [-0.4, -0.2) is 32.5 Å². The second kappa shape index (κ2) is 7.93. The van der Waals surface area contributed by atoms with Gasteiger partial charge in [-0.25, -0.2) is 0 Å². The molecule has 1 aliphatic carbocycles. The van der Waals surface area contributed by atoms with E-state index in [9.17, 15) is 13.2 Å². The van der Waals surface area contributed by atoms with Crippen molar-refractivity contribution in [2.24, 2.45) is 5.92 Å². The second-order valence-electron chi connectivity index (χ2n) is 4.69. The highest BCUT2D eigenvalue weighted by Crippen LogP contribution is 2.23. The third-order valence-corrected chi connectivity index (χ3v) is 3.08. The van der Waals surface area contributed by atoms with Gasteiger partial charge in [-0.3, -0.25) is 0 Å². The Labute approximate surface area is 101 Å². The summed E-state index contributed by atoms with van der Waals surface area (Å²) in [6.07, 6.45) is 0.540. The molecule has 0 aromatic heterocycles. The number of nitrogens with one attached hydrogen (secondary N) is 1. The largest absolute Gasteiger partial charge is 0.389 e. The van der Waals surface area contributed by atoms with Gasteiger partial charge in [-0.1, -0.05) is 12.8 Å². The van der Waals surface area contributed by atoms with Gasteiger partial charge in [-0.05, 0) is 31.7 Å². The molecule has 17 heavy (non-hydrogen) atoms. The van der Waals surface area contributed by atoms with Crippen molar-refractivity contribution in [2.75, 3.05) is 26.3 Å². The maximum Gasteiger partial charge on any atom is 0.389 e. The van der Waals surface area contributed by atoms with Gasteiger partial charge >= 0.3 is 6.18 Å². The van der Waals surface area contributed by atoms with Crippen molar-refractivity contribution in [3.8, 4) is 0 Å². The van der Waals surface area contributed by atoms with Gasteiger partial charge < -0.3 is 10.1 Å². The monoisotopic (exact) mass is 253 g/mol. The fraction of sp³-hybridized carbons (Fsp3) is 1.00. The molecule has 0 atom stereocenters. The summed E-state index contributed by atoms with van der Waals surface area (Å²) in [6.45, 7) is 2.46. The van der Waals surface area contributed by atoms with E-state index < -0.39 is 12.6 Å². The normalized spacial score (nSPS) is 17.8. The number of ether oxygens (including phenoxy) is 1. The molecule has 1 saturated carbocycles. The molecule has 5 heteroatoms. The molecule has 1 rings (SSSR count). The van der Waals surface area contributed by atoms with Gasteiger partial charge in [0.25, 0.3) is 0 Å². The molecule has 1 fully saturated rings. The Morgan fingerprint density at radius 2 is 1.82 bits per heavy atom. The highest BCUT2D eigenvalue weighted by molar-refractivity contribution is 4.69. The zero-order chi connectivity index (χ0) is 12.6. The SMILES string of the molecule is FC(F)(F)CCCOCCNCC1CCCC1. The van der Waals surface area contributed by atoms with Crippen LogP contribution in [0.4, 0.5) is 13.2 Å². The number of alkyl halides is 3. The van der Waals surface area contributed by atoms with Crippen LogP contribution in [-0.2, 0) is 4.74 Å². The van der Waals surface area contributed by atoms with Crippen LogP contribution in [0.5, 0.6) is 0 Å². The number of rotatable bonds is 8. The predicted molar refractivity (Wildman–Crippen MR) is 60.9 cm³/mol. The van der Waals surface area contributed by atoms with Gasteiger partial charge in [-0.15, -0.1) is 0 Å². The van der Waals surface area contributed by atoms with Gasteiger partial charge in [0, 0.05) is 19.6 Å². The van der Waals surface area contributed by atoms with E-state index in [1.807, 2.05) is 0 Å². The highest BCUT2D eigenvalue weighted by Gasteiger charge is 2.25. The molecule has 0 aromatic carbocycles. The van der Waals surface area contributed by atoms with Crippen molar-refractivity contribution in [3.63, 3.8) is 0 Å². The van der Waals surface area contributed by atoms with Crippen molar-refractivity contribution in [1.29, 1.82) is 0 Å². The summed E-state index contributed by atoms with van der Waals surface area (Å²) in [5, 5.41) is 3.29. The van der Waals surface area contributed by atoms with Crippen LogP contribution in [0.25, 0.3) is 0 Å². The molecule has 0 spiro atoms. The fourth-order valence-electron chi connectivity index (χ4n) is 2.14. The first kappa shape index (κ1) is 14.8. The van der Waals surface area contributed by atoms with Gasteiger partial charge in [0.2, 0.25) is 0 Å². The van der Waals surface area contributed by atoms with Crippen LogP contribution in [0.2, 0.25) is 0 Å². The maximum absolute atomic E-state index is 11.8. The smallest absolute Gasteiger partial charge is 0.380 e. The Bertz CT molecular complexity index is 191. The average molecular weight is 253 g/mol. The lowest BCUT2D eigenvalue weighted by Gasteiger charge is -2.11. The van der Waals surface area contributed by atoms with E-state index in [0.29, 0.717) is 6.61 Å². The molecule has 0 aromatic rings. The van der Waals surface area contributed by atoms with Crippen molar-refractivity contribution < 1.29 is 17.9 Å². The molecule has 0 amide bonds. The quantitative estimate of drug-likeness (QED) is 0.671. The van der Waals surface area contributed by atoms with E-state index >= 15 is 0 Å². The van der Waals surface area contributed by atoms with E-state index in [-0.39, 0.29) is 13.0 Å². The fourth-order valence-corrected chi connectivity index (χ4v) is 2.14. The van der Waals surface area contributed by atoms with Crippen LogP contribution >= 0.6 is 0 Å². The summed E-state index contributed by atoms with van der Waals surface area (Å²) in [5.74, 6) is 0.792. The van der Waals surface area contributed by atoms with Gasteiger partial charge in [0.05, 0.1) is 6.61 Å². The molecule has 0 saturated heterocycles. The first-order valence-corrected chi connectivity index (χ1v) is 6.43. The molecule has 0 radical (unpaired) electrons. The number of hydrogen-bond acceptors (Lipinski definition) is 2. The zero-order valence-electron chi connectivity index (χ0n) is 10.2. The maximum atomic E-state index is 11.8. The summed E-state index contributed by atoms with van der Waals surface area (Å²) >= 11 is 0. The minimum Gasteiger partial charge on any atom is -0.380 e. The minimum absolute atomic E-state index is 0.0616. The summed E-state index contributed by atoms with van der Waals surface area (Å²) in [5.41, 5.74) is 0. The third kappa shape index (κ3) is 8.44. The molecule has 0 heterocycles. The van der Waals surface area contributed by atoms with E-state index in [1.165, 1.54) is 25.7 Å². The Morgan fingerprint density at radius 3 is 2.47 bits per heavy atom. The summed E-state index contributed by atoms with van der Waals surface area (Å²) in [6, 6.07) is 0. The van der Waals surface area contributed by atoms with E-state index in [2.05, 4.69) is 5.32 Å². The Kier molecular flexibility index (Phi) is 6.89. The third-order valence-electron chi connectivity index (χ3n) is 3.08. The first-order chi connectivity index (χ1) is 8.08. The van der Waals surface area contributed by atoms with Crippen LogP contribution in [0, 0.1) is 5.92 Å². The zero-order valence-corrected chi connectivity index (χ0v) is 10.2. The molecule has 102 valence electrons. The second-order valence-corrected chi connectivity index (χ2v) is 4.69. The highest BCUT2D eigenvalue weighted by atomic mass is 19.4. The molecule has 0 aliphatic heterocycles. The molecule has 1 N–H and O–H groups in total. The molecule has 2 nitrogen and oxygen atoms in total. The summed E-state index contributed by atoms with van der Waals surface area (Å²) in [4.78, 5) is 0. The predicted octanol–water partition coefficient (Wildman–Crippen LogP) is 3.13. The number of hydrogen-bond donors (Lipinski definition) is 1. The van der Waals surface area contributed by atoms with E-state index in [1.54, 1.807) is 0 Å². The van der Waals surface area contributed by atoms with Gasteiger partial charge in [0.1, 0.15) is 0 Å². The van der Waals surface area contributed by atoms with Gasteiger partial charge in [0.15, 0.2) is 0 Å². The Balaban J connectivity index is 1.78. The number of halogens is 3. The van der Waals surface area contributed by atoms with Crippen LogP contribution in [0.1, 0.15) is 38.5 Å². The lowest BCUT2D eigenvalue weighted by Crippen LogP contribution is -2.25. The van der Waals surface area contributed by atoms with E-state index in [0.717, 1.165) is 19.0 Å². The lowest BCUT2D eigenvalue weighted by molar-refractivity contribution is -0.137. The van der Waals surface area contributed by atoms with E-state index in [4.69, 9.17) is 4.74 Å². The van der Waals surface area contributed by atoms with Crippen molar-refractivity contribution in [1.82, 2.24) is 5.32 Å². The van der Waals surface area contributed by atoms with Crippen LogP contribution in [0.15, 0.2) is 0 Å². The summed E-state index contributed by atoms with van der Waals surface area (Å²) < 4.78 is 40.5. The van der Waals surface area contributed by atoms with Crippen LogP contribution < -0.4 is 5.32 Å². The molecular formula is C12H22F3NO. The molecule has 0 bridgehead atoms. The lowest BCUT2D eigenvalue weighted by atomic mass is 10.1.